The molecule has 1 aromatic heterocycles. The van der Waals surface area contributed by atoms with Gasteiger partial charge in [0.05, 0.1) is 12.7 Å². The van der Waals surface area contributed by atoms with Gasteiger partial charge in [0.1, 0.15) is 5.00 Å². The van der Waals surface area contributed by atoms with E-state index in [1.807, 2.05) is 24.3 Å². The summed E-state index contributed by atoms with van der Waals surface area (Å²) in [7, 11) is 1.35. The van der Waals surface area contributed by atoms with E-state index in [2.05, 4.69) is 4.74 Å². The van der Waals surface area contributed by atoms with Crippen molar-refractivity contribution in [1.82, 2.24) is 0 Å². The van der Waals surface area contributed by atoms with Gasteiger partial charge in [-0.05, 0) is 30.3 Å². The topological polar surface area (TPSA) is 52.3 Å². The Morgan fingerprint density at radius 1 is 1.42 bits per heavy atom. The fourth-order valence-corrected chi connectivity index (χ4v) is 3.45. The van der Waals surface area contributed by atoms with E-state index in [9.17, 15) is 4.79 Å². The molecule has 19 heavy (non-hydrogen) atoms. The van der Waals surface area contributed by atoms with E-state index >= 15 is 0 Å². The first kappa shape index (κ1) is 14.2. The Bertz CT molecular complexity index is 581. The second kappa shape index (κ2) is 6.32. The third-order valence-corrected chi connectivity index (χ3v) is 4.87. The minimum atomic E-state index is -0.392. The average molecular weight is 314 g/mol. The molecule has 0 unspecified atom stereocenters. The summed E-state index contributed by atoms with van der Waals surface area (Å²) in [5.41, 5.74) is 6.24. The maximum absolute atomic E-state index is 11.4. The number of rotatable bonds is 4. The third-order valence-electron chi connectivity index (χ3n) is 2.41. The van der Waals surface area contributed by atoms with Crippen molar-refractivity contribution < 1.29 is 9.53 Å². The lowest BCUT2D eigenvalue weighted by Gasteiger charge is -1.99. The number of esters is 1. The van der Waals surface area contributed by atoms with Crippen LogP contribution in [0.15, 0.2) is 35.2 Å². The summed E-state index contributed by atoms with van der Waals surface area (Å²) in [5.74, 6) is 0.365. The first-order valence-electron chi connectivity index (χ1n) is 5.45. The van der Waals surface area contributed by atoms with Gasteiger partial charge in [-0.25, -0.2) is 4.79 Å². The fourth-order valence-electron chi connectivity index (χ4n) is 1.48. The predicted molar refractivity (Wildman–Crippen MR) is 81.1 cm³/mol. The van der Waals surface area contributed by atoms with Gasteiger partial charge in [-0.1, -0.05) is 11.6 Å². The monoisotopic (exact) mass is 313 g/mol. The summed E-state index contributed by atoms with van der Waals surface area (Å²) in [4.78, 5) is 13.6. The van der Waals surface area contributed by atoms with E-state index in [1.165, 1.54) is 18.4 Å². The molecule has 0 saturated carbocycles. The van der Waals surface area contributed by atoms with Gasteiger partial charge in [-0.2, -0.15) is 0 Å². The number of halogens is 1. The number of anilines is 1. The molecule has 100 valence electrons. The zero-order valence-corrected chi connectivity index (χ0v) is 12.6. The summed E-state index contributed by atoms with van der Waals surface area (Å²) in [6, 6.07) is 9.42. The van der Waals surface area contributed by atoms with Gasteiger partial charge in [0.15, 0.2) is 0 Å². The van der Waals surface area contributed by atoms with E-state index in [0.29, 0.717) is 10.6 Å². The number of carbonyl (C=O) groups excluding carboxylic acids is 1. The van der Waals surface area contributed by atoms with E-state index in [1.54, 1.807) is 17.8 Å². The number of ether oxygens (including phenoxy) is 1. The van der Waals surface area contributed by atoms with E-state index in [0.717, 1.165) is 20.5 Å². The lowest BCUT2D eigenvalue weighted by molar-refractivity contribution is 0.0602. The maximum Gasteiger partial charge on any atom is 0.340 e. The van der Waals surface area contributed by atoms with Gasteiger partial charge in [0, 0.05) is 20.5 Å². The highest BCUT2D eigenvalue weighted by Crippen LogP contribution is 2.31. The number of nitrogens with two attached hydrogens (primary N) is 1. The molecule has 0 aliphatic carbocycles. The Balaban J connectivity index is 2.04. The van der Waals surface area contributed by atoms with Gasteiger partial charge in [0.25, 0.3) is 0 Å². The zero-order chi connectivity index (χ0) is 13.8. The number of hydrogen-bond donors (Lipinski definition) is 1. The summed E-state index contributed by atoms with van der Waals surface area (Å²) in [5, 5.41) is 1.22. The molecule has 0 radical (unpaired) electrons. The van der Waals surface area contributed by atoms with Crippen LogP contribution >= 0.6 is 34.7 Å². The fraction of sp³-hybridized carbons (Fsp3) is 0.154. The number of nitrogen functional groups attached to an aromatic ring is 1. The molecule has 0 bridgehead atoms. The molecule has 1 aromatic carbocycles. The van der Waals surface area contributed by atoms with Crippen LogP contribution < -0.4 is 5.73 Å². The van der Waals surface area contributed by atoms with E-state index in [4.69, 9.17) is 17.3 Å². The van der Waals surface area contributed by atoms with Crippen molar-refractivity contribution in [2.45, 2.75) is 10.6 Å². The number of carbonyl (C=O) groups is 1. The molecule has 0 fully saturated rings. The molecular formula is C13H12ClNO2S2. The first-order chi connectivity index (χ1) is 9.10. The molecule has 0 amide bonds. The number of hydrogen-bond acceptors (Lipinski definition) is 5. The Hall–Kier alpha value is -1.17. The van der Waals surface area contributed by atoms with Gasteiger partial charge in [-0.15, -0.1) is 23.1 Å². The lowest BCUT2D eigenvalue weighted by atomic mass is 10.3. The Morgan fingerprint density at radius 2 is 2.11 bits per heavy atom. The summed E-state index contributed by atoms with van der Waals surface area (Å²) in [6.45, 7) is 0. The van der Waals surface area contributed by atoms with Crippen LogP contribution in [0.2, 0.25) is 5.02 Å². The first-order valence-corrected chi connectivity index (χ1v) is 7.63. The second-order valence-electron chi connectivity index (χ2n) is 3.72. The van der Waals surface area contributed by atoms with E-state index in [-0.39, 0.29) is 0 Å². The molecule has 1 heterocycles. The molecule has 3 nitrogen and oxygen atoms in total. The average Bonchev–Trinajstić information content (AvgIpc) is 2.78. The van der Waals surface area contributed by atoms with Crippen molar-refractivity contribution in [3.05, 3.63) is 45.8 Å². The highest BCUT2D eigenvalue weighted by atomic mass is 35.5. The SMILES string of the molecule is COC(=O)c1cc(CSc2ccc(Cl)cc2)sc1N. The highest BCUT2D eigenvalue weighted by Gasteiger charge is 2.14. The molecule has 6 heteroatoms. The van der Waals surface area contributed by atoms with E-state index < -0.39 is 5.97 Å². The number of methoxy groups -OCH3 is 1. The Morgan fingerprint density at radius 3 is 2.74 bits per heavy atom. The molecule has 0 spiro atoms. The van der Waals surface area contributed by atoms with Gasteiger partial charge in [0.2, 0.25) is 0 Å². The Labute approximate surface area is 124 Å². The highest BCUT2D eigenvalue weighted by molar-refractivity contribution is 7.98. The molecule has 0 atom stereocenters. The second-order valence-corrected chi connectivity index (χ2v) is 6.38. The van der Waals surface area contributed by atoms with Gasteiger partial charge >= 0.3 is 5.97 Å². The third kappa shape index (κ3) is 3.65. The summed E-state index contributed by atoms with van der Waals surface area (Å²) >= 11 is 8.91. The smallest absolute Gasteiger partial charge is 0.340 e. The van der Waals surface area contributed by atoms with Crippen molar-refractivity contribution in [3.8, 4) is 0 Å². The van der Waals surface area contributed by atoms with Gasteiger partial charge in [-0.3, -0.25) is 0 Å². The van der Waals surface area contributed by atoms with Crippen LogP contribution in [0.3, 0.4) is 0 Å². The number of thioether (sulfide) groups is 1. The maximum atomic E-state index is 11.4. The van der Waals surface area contributed by atoms with Crippen LogP contribution in [0.5, 0.6) is 0 Å². The Kier molecular flexibility index (Phi) is 4.74. The number of thiophene rings is 1. The largest absolute Gasteiger partial charge is 0.465 e. The van der Waals surface area contributed by atoms with Crippen molar-refractivity contribution in [1.29, 1.82) is 0 Å². The molecular weight excluding hydrogens is 302 g/mol. The predicted octanol–water partition coefficient (Wildman–Crippen LogP) is 4.06. The van der Waals surface area contributed by atoms with Gasteiger partial charge < -0.3 is 10.5 Å². The molecule has 2 aromatic rings. The molecule has 0 saturated heterocycles. The van der Waals surface area contributed by atoms with Crippen molar-refractivity contribution in [3.63, 3.8) is 0 Å². The van der Waals surface area contributed by atoms with Crippen molar-refractivity contribution >= 4 is 45.7 Å². The standard InChI is InChI=1S/C13H12ClNO2S2/c1-17-13(16)11-6-10(19-12(11)15)7-18-9-4-2-8(14)3-5-9/h2-6H,7,15H2,1H3. The van der Waals surface area contributed by atoms with Crippen LogP contribution in [0.1, 0.15) is 15.2 Å². The lowest BCUT2D eigenvalue weighted by Crippen LogP contribution is -2.01. The van der Waals surface area contributed by atoms with Crippen molar-refractivity contribution in [2.75, 3.05) is 12.8 Å². The minimum absolute atomic E-state index is 0.392. The van der Waals surface area contributed by atoms with Crippen LogP contribution in [-0.2, 0) is 10.5 Å². The quantitative estimate of drug-likeness (QED) is 0.683. The van der Waals surface area contributed by atoms with Crippen LogP contribution in [0, 0.1) is 0 Å². The molecule has 2 rings (SSSR count). The number of benzene rings is 1. The summed E-state index contributed by atoms with van der Waals surface area (Å²) < 4.78 is 4.67. The summed E-state index contributed by atoms with van der Waals surface area (Å²) in [6.07, 6.45) is 0. The van der Waals surface area contributed by atoms with Crippen molar-refractivity contribution in [2.24, 2.45) is 0 Å². The van der Waals surface area contributed by atoms with Crippen LogP contribution in [0.4, 0.5) is 5.00 Å². The van der Waals surface area contributed by atoms with Crippen LogP contribution in [-0.4, -0.2) is 13.1 Å². The molecule has 2 N–H and O–H groups in total. The molecule has 0 aliphatic heterocycles. The van der Waals surface area contributed by atoms with Crippen LogP contribution in [0.25, 0.3) is 0 Å². The molecule has 0 aliphatic rings. The zero-order valence-electron chi connectivity index (χ0n) is 10.2. The normalized spacial score (nSPS) is 10.4. The minimum Gasteiger partial charge on any atom is -0.465 e.